The summed E-state index contributed by atoms with van der Waals surface area (Å²) in [6.07, 6.45) is 14.4. The first-order chi connectivity index (χ1) is 11.2. The zero-order valence-electron chi connectivity index (χ0n) is 14.9. The van der Waals surface area contributed by atoms with Crippen molar-refractivity contribution in [3.05, 3.63) is 29.3 Å². The number of nitrogens with one attached hydrogen (secondary N) is 1. The second kappa shape index (κ2) is 11.4. The number of carbonyl (C=O) groups is 1. The van der Waals surface area contributed by atoms with Crippen LogP contribution in [0, 0.1) is 0 Å². The normalized spacial score (nSPS) is 15.5. The summed E-state index contributed by atoms with van der Waals surface area (Å²) in [7, 11) is 0. The number of hydrogen-bond acceptors (Lipinski definition) is 2. The van der Waals surface area contributed by atoms with Gasteiger partial charge in [-0.05, 0) is 36.6 Å². The summed E-state index contributed by atoms with van der Waals surface area (Å²) in [5, 5.41) is 12.6. The molecule has 0 aromatic heterocycles. The fourth-order valence-electron chi connectivity index (χ4n) is 3.45. The van der Waals surface area contributed by atoms with Crippen molar-refractivity contribution in [3.63, 3.8) is 0 Å². The molecule has 0 saturated carbocycles. The van der Waals surface area contributed by atoms with Crippen molar-refractivity contribution >= 4 is 24.1 Å². The second-order valence-electron chi connectivity index (χ2n) is 6.84. The molecule has 0 spiro atoms. The standard InChI is InChI=1S/C20H31NO2.ClH/c1-2-3-4-5-6-7-8-9-10-11-18-15-17-14-16(20(22)23)12-13-19(17)21-18;/h12-14,18,21H,2-11,15H2,1H3,(H,22,23);1H/t18-;/m0./s1. The molecule has 0 fully saturated rings. The van der Waals surface area contributed by atoms with Crippen LogP contribution in [0.5, 0.6) is 0 Å². The fraction of sp³-hybridized carbons (Fsp3) is 0.650. The van der Waals surface area contributed by atoms with Gasteiger partial charge in [0.25, 0.3) is 0 Å². The molecule has 0 aliphatic carbocycles. The zero-order valence-corrected chi connectivity index (χ0v) is 15.7. The number of benzene rings is 1. The molecular formula is C20H32ClNO2. The van der Waals surface area contributed by atoms with E-state index < -0.39 is 5.97 Å². The molecule has 1 aromatic carbocycles. The second-order valence-corrected chi connectivity index (χ2v) is 6.84. The summed E-state index contributed by atoms with van der Waals surface area (Å²) in [5.74, 6) is -0.838. The van der Waals surface area contributed by atoms with E-state index in [1.54, 1.807) is 6.07 Å². The van der Waals surface area contributed by atoms with Crippen molar-refractivity contribution in [2.45, 2.75) is 83.6 Å². The number of carboxylic acids is 1. The van der Waals surface area contributed by atoms with E-state index in [-0.39, 0.29) is 12.4 Å². The molecule has 1 aliphatic rings. The molecule has 24 heavy (non-hydrogen) atoms. The Morgan fingerprint density at radius 1 is 1.08 bits per heavy atom. The van der Waals surface area contributed by atoms with Gasteiger partial charge in [-0.2, -0.15) is 0 Å². The van der Waals surface area contributed by atoms with Gasteiger partial charge in [0.1, 0.15) is 0 Å². The molecule has 136 valence electrons. The molecule has 1 heterocycles. The maximum absolute atomic E-state index is 11.0. The van der Waals surface area contributed by atoms with Crippen LogP contribution in [0.3, 0.4) is 0 Å². The minimum atomic E-state index is -0.838. The molecule has 1 aliphatic heterocycles. The minimum Gasteiger partial charge on any atom is -0.478 e. The zero-order chi connectivity index (χ0) is 16.5. The first-order valence-electron chi connectivity index (χ1n) is 9.33. The van der Waals surface area contributed by atoms with E-state index in [4.69, 9.17) is 5.11 Å². The third-order valence-electron chi connectivity index (χ3n) is 4.83. The highest BCUT2D eigenvalue weighted by Gasteiger charge is 2.21. The van der Waals surface area contributed by atoms with E-state index in [9.17, 15) is 4.79 Å². The number of halogens is 1. The lowest BCUT2D eigenvalue weighted by molar-refractivity contribution is 0.0697. The van der Waals surface area contributed by atoms with Crippen LogP contribution in [0.4, 0.5) is 5.69 Å². The number of anilines is 1. The fourth-order valence-corrected chi connectivity index (χ4v) is 3.45. The maximum Gasteiger partial charge on any atom is 0.335 e. The van der Waals surface area contributed by atoms with Crippen LogP contribution in [0.15, 0.2) is 18.2 Å². The van der Waals surface area contributed by atoms with Crippen LogP contribution < -0.4 is 5.32 Å². The predicted molar refractivity (Wildman–Crippen MR) is 104 cm³/mol. The minimum absolute atomic E-state index is 0. The summed E-state index contributed by atoms with van der Waals surface area (Å²) < 4.78 is 0. The Kier molecular flexibility index (Phi) is 9.85. The highest BCUT2D eigenvalue weighted by Crippen LogP contribution is 2.29. The topological polar surface area (TPSA) is 49.3 Å². The van der Waals surface area contributed by atoms with Crippen molar-refractivity contribution in [1.29, 1.82) is 0 Å². The first-order valence-corrected chi connectivity index (χ1v) is 9.33. The van der Waals surface area contributed by atoms with E-state index in [1.807, 2.05) is 12.1 Å². The van der Waals surface area contributed by atoms with Gasteiger partial charge in [0.2, 0.25) is 0 Å². The van der Waals surface area contributed by atoms with E-state index >= 15 is 0 Å². The molecule has 3 nitrogen and oxygen atoms in total. The lowest BCUT2D eigenvalue weighted by atomic mass is 10.0. The van der Waals surface area contributed by atoms with Gasteiger partial charge >= 0.3 is 5.97 Å². The molecular weight excluding hydrogens is 322 g/mol. The van der Waals surface area contributed by atoms with Gasteiger partial charge in [-0.25, -0.2) is 4.79 Å². The molecule has 0 saturated heterocycles. The number of fused-ring (bicyclic) bond motifs is 1. The highest BCUT2D eigenvalue weighted by molar-refractivity contribution is 5.88. The Morgan fingerprint density at radius 3 is 2.33 bits per heavy atom. The van der Waals surface area contributed by atoms with Crippen LogP contribution in [-0.4, -0.2) is 17.1 Å². The van der Waals surface area contributed by atoms with Crippen LogP contribution in [0.1, 0.15) is 87.1 Å². The first kappa shape index (κ1) is 20.8. The Balaban J connectivity index is 0.00000288. The molecule has 2 N–H and O–H groups in total. The van der Waals surface area contributed by atoms with Gasteiger partial charge < -0.3 is 10.4 Å². The summed E-state index contributed by atoms with van der Waals surface area (Å²) in [4.78, 5) is 11.0. The van der Waals surface area contributed by atoms with E-state index in [2.05, 4.69) is 12.2 Å². The molecule has 1 atom stereocenters. The smallest absolute Gasteiger partial charge is 0.335 e. The third kappa shape index (κ3) is 6.72. The number of carboxylic acid groups (broad SMARTS) is 1. The quantitative estimate of drug-likeness (QED) is 0.475. The number of aromatic carboxylic acids is 1. The lowest BCUT2D eigenvalue weighted by Crippen LogP contribution is -2.14. The van der Waals surface area contributed by atoms with Crippen LogP contribution in [0.25, 0.3) is 0 Å². The molecule has 0 radical (unpaired) electrons. The van der Waals surface area contributed by atoms with Gasteiger partial charge in [0, 0.05) is 11.7 Å². The average molecular weight is 354 g/mol. The van der Waals surface area contributed by atoms with Gasteiger partial charge in [-0.15, -0.1) is 12.4 Å². The summed E-state index contributed by atoms with van der Waals surface area (Å²) in [5.41, 5.74) is 2.68. The number of hydrogen-bond donors (Lipinski definition) is 2. The maximum atomic E-state index is 11.0. The van der Waals surface area contributed by atoms with Crippen LogP contribution in [-0.2, 0) is 6.42 Å². The third-order valence-corrected chi connectivity index (χ3v) is 4.83. The monoisotopic (exact) mass is 353 g/mol. The van der Waals surface area contributed by atoms with Crippen LogP contribution in [0.2, 0.25) is 0 Å². The van der Waals surface area contributed by atoms with Crippen LogP contribution >= 0.6 is 12.4 Å². The largest absolute Gasteiger partial charge is 0.478 e. The van der Waals surface area contributed by atoms with Crippen molar-refractivity contribution in [2.75, 3.05) is 5.32 Å². The summed E-state index contributed by atoms with van der Waals surface area (Å²) >= 11 is 0. The van der Waals surface area contributed by atoms with Crippen molar-refractivity contribution < 1.29 is 9.90 Å². The summed E-state index contributed by atoms with van der Waals surface area (Å²) in [6.45, 7) is 2.26. The molecule has 0 unspecified atom stereocenters. The van der Waals surface area contributed by atoms with Gasteiger partial charge in [0.15, 0.2) is 0 Å². The Labute approximate surface area is 152 Å². The molecule has 2 rings (SSSR count). The predicted octanol–water partition coefficient (Wildman–Crippen LogP) is 6.06. The van der Waals surface area contributed by atoms with Gasteiger partial charge in [-0.3, -0.25) is 0 Å². The van der Waals surface area contributed by atoms with Gasteiger partial charge in [-0.1, -0.05) is 64.7 Å². The SMILES string of the molecule is CCCCCCCCCCC[C@H]1Cc2cc(C(=O)O)ccc2N1.Cl. The Bertz CT molecular complexity index is 504. The van der Waals surface area contributed by atoms with Crippen molar-refractivity contribution in [1.82, 2.24) is 0 Å². The lowest BCUT2D eigenvalue weighted by Gasteiger charge is -2.10. The Morgan fingerprint density at radius 2 is 1.71 bits per heavy atom. The van der Waals surface area contributed by atoms with Gasteiger partial charge in [0.05, 0.1) is 5.56 Å². The highest BCUT2D eigenvalue weighted by atomic mass is 35.5. The van der Waals surface area contributed by atoms with E-state index in [0.717, 1.165) is 17.7 Å². The number of rotatable bonds is 11. The molecule has 4 heteroatoms. The average Bonchev–Trinajstić information content (AvgIpc) is 2.95. The van der Waals surface area contributed by atoms with Crippen molar-refractivity contribution in [2.24, 2.45) is 0 Å². The molecule has 0 bridgehead atoms. The van der Waals surface area contributed by atoms with Crippen molar-refractivity contribution in [3.8, 4) is 0 Å². The molecule has 0 amide bonds. The Hall–Kier alpha value is -1.22. The van der Waals surface area contributed by atoms with E-state index in [1.165, 1.54) is 64.2 Å². The summed E-state index contributed by atoms with van der Waals surface area (Å²) in [6, 6.07) is 5.91. The number of unbranched alkanes of at least 4 members (excludes halogenated alkanes) is 8. The molecule has 1 aromatic rings. The van der Waals surface area contributed by atoms with E-state index in [0.29, 0.717) is 11.6 Å².